The molecule has 11 nitrogen and oxygen atoms in total. The maximum Gasteiger partial charge on any atom is 0.327 e. The minimum Gasteiger partial charge on any atom is -0.480 e. The second-order valence-corrected chi connectivity index (χ2v) is 7.27. The zero-order chi connectivity index (χ0) is 22.0. The van der Waals surface area contributed by atoms with Crippen LogP contribution in [0.4, 0.5) is 0 Å². The van der Waals surface area contributed by atoms with Gasteiger partial charge in [0.05, 0.1) is 12.6 Å². The van der Waals surface area contributed by atoms with Gasteiger partial charge in [-0.15, -0.1) is 0 Å². The van der Waals surface area contributed by atoms with Crippen molar-refractivity contribution in [3.63, 3.8) is 0 Å². The summed E-state index contributed by atoms with van der Waals surface area (Å²) in [5.74, 6) is -3.13. The summed E-state index contributed by atoms with van der Waals surface area (Å²) in [6.45, 7) is 0.0875. The number of amides is 3. The highest BCUT2D eigenvalue weighted by Crippen LogP contribution is 2.19. The van der Waals surface area contributed by atoms with Crippen molar-refractivity contribution >= 4 is 36.3 Å². The highest BCUT2D eigenvalue weighted by Gasteiger charge is 2.38. The van der Waals surface area contributed by atoms with Gasteiger partial charge in [-0.05, 0) is 32.2 Å². The molecule has 12 heteroatoms. The largest absolute Gasteiger partial charge is 0.480 e. The van der Waals surface area contributed by atoms with Crippen LogP contribution in [0.5, 0.6) is 0 Å². The number of carboxylic acid groups (broad SMARTS) is 1. The Balaban J connectivity index is 2.73. The molecule has 1 heterocycles. The molecule has 166 valence electrons. The molecule has 1 saturated heterocycles. The van der Waals surface area contributed by atoms with E-state index in [4.69, 9.17) is 16.6 Å². The molecule has 0 bridgehead atoms. The van der Waals surface area contributed by atoms with Gasteiger partial charge in [0.1, 0.15) is 18.1 Å². The lowest BCUT2D eigenvalue weighted by molar-refractivity contribution is -0.144. The van der Waals surface area contributed by atoms with Crippen LogP contribution in [0.25, 0.3) is 0 Å². The maximum atomic E-state index is 12.8. The quantitative estimate of drug-likeness (QED) is 0.129. The molecule has 1 rings (SSSR count). The number of nitrogens with zero attached hydrogens (tertiary/aromatic N) is 1. The average Bonchev–Trinajstić information content (AvgIpc) is 3.19. The minimum absolute atomic E-state index is 0.0981. The van der Waals surface area contributed by atoms with Crippen LogP contribution in [-0.2, 0) is 19.2 Å². The normalized spacial score (nSPS) is 19.3. The number of carboxylic acids is 1. The third-order valence-corrected chi connectivity index (χ3v) is 5.10. The fraction of sp³-hybridized carbons (Fsp3) is 0.765. The van der Waals surface area contributed by atoms with E-state index in [0.29, 0.717) is 32.2 Å². The third-order valence-electron chi connectivity index (χ3n) is 4.74. The number of likely N-dealkylation sites (tertiary alicyclic amines) is 1. The van der Waals surface area contributed by atoms with Gasteiger partial charge < -0.3 is 37.2 Å². The molecule has 0 aromatic rings. The van der Waals surface area contributed by atoms with Crippen LogP contribution in [0.3, 0.4) is 0 Å². The number of carbonyl (C=O) groups excluding carboxylic acids is 3. The molecule has 0 aromatic heterocycles. The first-order chi connectivity index (χ1) is 13.8. The van der Waals surface area contributed by atoms with Gasteiger partial charge in [0.2, 0.25) is 17.7 Å². The van der Waals surface area contributed by atoms with Gasteiger partial charge in [0.15, 0.2) is 0 Å². The molecule has 4 unspecified atom stereocenters. The second-order valence-electron chi connectivity index (χ2n) is 6.91. The molecule has 0 aliphatic carbocycles. The lowest BCUT2D eigenvalue weighted by Crippen LogP contribution is -2.58. The first-order valence-corrected chi connectivity index (χ1v) is 10.2. The Kier molecular flexibility index (Phi) is 10.9. The summed E-state index contributed by atoms with van der Waals surface area (Å²) in [4.78, 5) is 49.8. The van der Waals surface area contributed by atoms with Crippen LogP contribution in [0.2, 0.25) is 0 Å². The smallest absolute Gasteiger partial charge is 0.327 e. The molecule has 8 N–H and O–H groups in total. The first kappa shape index (κ1) is 25.1. The maximum absolute atomic E-state index is 12.8. The van der Waals surface area contributed by atoms with E-state index in [1.165, 1.54) is 4.90 Å². The Hall–Kier alpha value is -1.89. The van der Waals surface area contributed by atoms with Gasteiger partial charge >= 0.3 is 5.97 Å². The molecule has 1 aliphatic rings. The number of hydrogen-bond acceptors (Lipinski definition) is 8. The number of aliphatic carboxylic acids is 1. The average molecular weight is 434 g/mol. The number of hydrogen-bond donors (Lipinski definition) is 7. The van der Waals surface area contributed by atoms with E-state index in [9.17, 15) is 24.3 Å². The predicted molar refractivity (Wildman–Crippen MR) is 108 cm³/mol. The molecule has 0 spiro atoms. The van der Waals surface area contributed by atoms with E-state index in [1.54, 1.807) is 0 Å². The van der Waals surface area contributed by atoms with Crippen molar-refractivity contribution in [1.82, 2.24) is 15.5 Å². The second kappa shape index (κ2) is 12.6. The molecular formula is C17H31N5O6S. The van der Waals surface area contributed by atoms with Crippen LogP contribution < -0.4 is 22.1 Å². The molecule has 1 fully saturated rings. The molecule has 4 atom stereocenters. The summed E-state index contributed by atoms with van der Waals surface area (Å²) in [6.07, 6.45) is 2.66. The molecule has 1 aliphatic heterocycles. The number of nitrogens with one attached hydrogen (secondary N) is 2. The number of thiol groups is 1. The third kappa shape index (κ3) is 7.46. The fourth-order valence-corrected chi connectivity index (χ4v) is 3.31. The monoisotopic (exact) mass is 433 g/mol. The van der Waals surface area contributed by atoms with E-state index in [1.807, 2.05) is 0 Å². The van der Waals surface area contributed by atoms with Crippen LogP contribution in [-0.4, -0.2) is 88.4 Å². The Labute approximate surface area is 175 Å². The van der Waals surface area contributed by atoms with E-state index < -0.39 is 54.5 Å². The lowest BCUT2D eigenvalue weighted by Gasteiger charge is -2.29. The SMILES string of the molecule is NCCCCC(N)C(=O)NC(CO)C(=O)N1CCCC1C(=O)NC(CS)C(=O)O. The highest BCUT2D eigenvalue weighted by molar-refractivity contribution is 7.80. The zero-order valence-electron chi connectivity index (χ0n) is 16.2. The van der Waals surface area contributed by atoms with Crippen molar-refractivity contribution in [3.05, 3.63) is 0 Å². The van der Waals surface area contributed by atoms with Crippen molar-refractivity contribution in [3.8, 4) is 0 Å². The number of aliphatic hydroxyl groups is 1. The summed E-state index contributed by atoms with van der Waals surface area (Å²) in [5, 5.41) is 23.4. The van der Waals surface area contributed by atoms with Crippen LogP contribution in [0.1, 0.15) is 32.1 Å². The van der Waals surface area contributed by atoms with Gasteiger partial charge in [-0.25, -0.2) is 4.79 Å². The van der Waals surface area contributed by atoms with Crippen molar-refractivity contribution < 1.29 is 29.4 Å². The van der Waals surface area contributed by atoms with Gasteiger partial charge in [0.25, 0.3) is 0 Å². The number of carbonyl (C=O) groups is 4. The molecular weight excluding hydrogens is 402 g/mol. The summed E-state index contributed by atoms with van der Waals surface area (Å²) >= 11 is 3.89. The van der Waals surface area contributed by atoms with Crippen LogP contribution >= 0.6 is 12.6 Å². The van der Waals surface area contributed by atoms with E-state index >= 15 is 0 Å². The molecule has 0 saturated carbocycles. The summed E-state index contributed by atoms with van der Waals surface area (Å²) in [5.41, 5.74) is 11.2. The fourth-order valence-electron chi connectivity index (χ4n) is 3.06. The Morgan fingerprint density at radius 3 is 2.41 bits per heavy atom. The van der Waals surface area contributed by atoms with Crippen molar-refractivity contribution in [2.24, 2.45) is 11.5 Å². The number of nitrogens with two attached hydrogens (primary N) is 2. The molecule has 0 radical (unpaired) electrons. The summed E-state index contributed by atoms with van der Waals surface area (Å²) in [7, 11) is 0. The Morgan fingerprint density at radius 1 is 1.17 bits per heavy atom. The highest BCUT2D eigenvalue weighted by atomic mass is 32.1. The Morgan fingerprint density at radius 2 is 1.86 bits per heavy atom. The van der Waals surface area contributed by atoms with Gasteiger partial charge in [-0.3, -0.25) is 14.4 Å². The van der Waals surface area contributed by atoms with Crippen molar-refractivity contribution in [1.29, 1.82) is 0 Å². The first-order valence-electron chi connectivity index (χ1n) is 9.58. The van der Waals surface area contributed by atoms with Gasteiger partial charge in [-0.1, -0.05) is 6.42 Å². The van der Waals surface area contributed by atoms with Crippen LogP contribution in [0, 0.1) is 0 Å². The number of aliphatic hydroxyl groups excluding tert-OH is 1. The lowest BCUT2D eigenvalue weighted by atomic mass is 10.1. The molecule has 0 aromatic carbocycles. The predicted octanol–water partition coefficient (Wildman–Crippen LogP) is -2.59. The van der Waals surface area contributed by atoms with Gasteiger partial charge in [-0.2, -0.15) is 12.6 Å². The number of unbranched alkanes of at least 4 members (excludes halogenated alkanes) is 1. The van der Waals surface area contributed by atoms with Crippen LogP contribution in [0.15, 0.2) is 0 Å². The van der Waals surface area contributed by atoms with Crippen molar-refractivity contribution in [2.45, 2.75) is 56.3 Å². The van der Waals surface area contributed by atoms with Gasteiger partial charge in [0, 0.05) is 12.3 Å². The molecule has 3 amide bonds. The number of rotatable bonds is 12. The molecule has 29 heavy (non-hydrogen) atoms. The topological polar surface area (TPSA) is 188 Å². The zero-order valence-corrected chi connectivity index (χ0v) is 17.1. The summed E-state index contributed by atoms with van der Waals surface area (Å²) < 4.78 is 0. The summed E-state index contributed by atoms with van der Waals surface area (Å²) in [6, 6.07) is -4.14. The van der Waals surface area contributed by atoms with E-state index in [-0.39, 0.29) is 12.3 Å². The minimum atomic E-state index is -1.24. The van der Waals surface area contributed by atoms with E-state index in [2.05, 4.69) is 23.3 Å². The van der Waals surface area contributed by atoms with E-state index in [0.717, 1.165) is 6.42 Å². The Bertz CT molecular complexity index is 593. The van der Waals surface area contributed by atoms with Crippen molar-refractivity contribution in [2.75, 3.05) is 25.4 Å². The standard InChI is InChI=1S/C17H31N5O6S/c18-6-2-1-4-10(19)14(24)20-11(8-23)16(26)22-7-3-5-13(22)15(25)21-12(9-29)17(27)28/h10-13,23,29H,1-9,18-19H2,(H,20,24)(H,21,25)(H,27,28).